The number of hydrogen-bond donors (Lipinski definition) is 2. The first-order chi connectivity index (χ1) is 12.6. The molecule has 130 valence electrons. The van der Waals surface area contributed by atoms with E-state index in [-0.39, 0.29) is 12.3 Å². The maximum absolute atomic E-state index is 12.1. The Bertz CT molecular complexity index is 956. The summed E-state index contributed by atoms with van der Waals surface area (Å²) in [6.07, 6.45) is 6.21. The zero-order valence-electron chi connectivity index (χ0n) is 13.9. The highest BCUT2D eigenvalue weighted by molar-refractivity contribution is 6.16. The van der Waals surface area contributed by atoms with E-state index < -0.39 is 5.91 Å². The molecule has 3 aliphatic rings. The molecule has 1 aromatic carbocycles. The number of rotatable bonds is 3. The summed E-state index contributed by atoms with van der Waals surface area (Å²) in [5.41, 5.74) is 6.36. The number of carbonyl (C=O) groups is 1. The van der Waals surface area contributed by atoms with Crippen LogP contribution in [-0.2, 0) is 4.79 Å². The molecular weight excluding hydrogens is 334 g/mol. The molecule has 0 atom stereocenters. The van der Waals surface area contributed by atoms with Crippen LogP contribution in [0.5, 0.6) is 0 Å². The predicted molar refractivity (Wildman–Crippen MR) is 96.0 cm³/mol. The summed E-state index contributed by atoms with van der Waals surface area (Å²) in [7, 11) is 0. The SMILES string of the molecule is CC1=CC(O)=C2N(CC(=O)N=N/C=C3\C=Nc4ccccc43)N=CN2N1. The van der Waals surface area contributed by atoms with Crippen LogP contribution in [0.1, 0.15) is 12.5 Å². The second-order valence-corrected chi connectivity index (χ2v) is 5.78. The van der Waals surface area contributed by atoms with Crippen LogP contribution in [0.15, 0.2) is 74.1 Å². The fraction of sp³-hybridized carbons (Fsp3) is 0.118. The van der Waals surface area contributed by atoms with E-state index in [1.54, 1.807) is 19.2 Å². The third kappa shape index (κ3) is 2.86. The summed E-state index contributed by atoms with van der Waals surface area (Å²) in [4.78, 5) is 16.3. The Labute approximate surface area is 149 Å². The summed E-state index contributed by atoms with van der Waals surface area (Å²) >= 11 is 0. The highest BCUT2D eigenvalue weighted by atomic mass is 16.3. The molecule has 0 radical (unpaired) electrons. The molecule has 1 amide bonds. The number of hydrazone groups is 1. The molecule has 26 heavy (non-hydrogen) atoms. The standard InChI is InChI=1S/C17H15N7O2/c1-11-6-15(25)17-23(20-10-24(17)22-11)9-16(26)21-19-8-12-7-18-14-5-3-2-4-13(12)14/h2-8,10,22,25H,9H2,1H3/b12-8+,21-19?. The van der Waals surface area contributed by atoms with Gasteiger partial charge in [0.05, 0.1) is 11.9 Å². The maximum atomic E-state index is 12.1. The Kier molecular flexibility index (Phi) is 3.81. The number of para-hydroxylation sites is 1. The normalized spacial score (nSPS) is 19.3. The molecule has 0 saturated heterocycles. The minimum Gasteiger partial charge on any atom is -0.504 e. The van der Waals surface area contributed by atoms with Crippen LogP contribution in [0.4, 0.5) is 5.69 Å². The molecule has 3 aliphatic heterocycles. The number of aliphatic hydroxyl groups excluding tert-OH is 1. The molecule has 0 unspecified atom stereocenters. The summed E-state index contributed by atoms with van der Waals surface area (Å²) in [6, 6.07) is 7.65. The van der Waals surface area contributed by atoms with E-state index in [2.05, 4.69) is 25.7 Å². The van der Waals surface area contributed by atoms with Crippen LogP contribution in [0, 0.1) is 0 Å². The van der Waals surface area contributed by atoms with Crippen molar-refractivity contribution in [3.8, 4) is 0 Å². The third-order valence-electron chi connectivity index (χ3n) is 3.87. The molecule has 0 fully saturated rings. The van der Waals surface area contributed by atoms with Crippen LogP contribution in [0.25, 0.3) is 5.57 Å². The van der Waals surface area contributed by atoms with Gasteiger partial charge in [-0.25, -0.2) is 10.0 Å². The molecule has 0 aliphatic carbocycles. The van der Waals surface area contributed by atoms with Gasteiger partial charge in [-0.1, -0.05) is 18.2 Å². The van der Waals surface area contributed by atoms with E-state index in [4.69, 9.17) is 0 Å². The monoisotopic (exact) mass is 349 g/mol. The number of carbonyl (C=O) groups excluding carboxylic acids is 1. The van der Waals surface area contributed by atoms with Crippen molar-refractivity contribution in [3.05, 3.63) is 59.4 Å². The van der Waals surface area contributed by atoms with Crippen LogP contribution < -0.4 is 5.43 Å². The van der Waals surface area contributed by atoms with Gasteiger partial charge in [0.15, 0.2) is 11.6 Å². The second kappa shape index (κ2) is 6.28. The maximum Gasteiger partial charge on any atom is 0.286 e. The van der Waals surface area contributed by atoms with Crippen molar-refractivity contribution in [2.24, 2.45) is 20.3 Å². The molecule has 0 aromatic heterocycles. The van der Waals surface area contributed by atoms with Crippen molar-refractivity contribution >= 4 is 29.7 Å². The van der Waals surface area contributed by atoms with E-state index in [0.717, 1.165) is 22.5 Å². The minimum atomic E-state index is -0.490. The summed E-state index contributed by atoms with van der Waals surface area (Å²) in [5, 5.41) is 24.6. The fourth-order valence-electron chi connectivity index (χ4n) is 2.75. The Hall–Kier alpha value is -3.75. The third-order valence-corrected chi connectivity index (χ3v) is 3.87. The van der Waals surface area contributed by atoms with Crippen LogP contribution in [0.2, 0.25) is 0 Å². The lowest BCUT2D eigenvalue weighted by Gasteiger charge is -2.26. The number of nitrogens with one attached hydrogen (secondary N) is 1. The Morgan fingerprint density at radius 1 is 1.38 bits per heavy atom. The van der Waals surface area contributed by atoms with Gasteiger partial charge in [-0.05, 0) is 13.0 Å². The number of benzene rings is 1. The largest absolute Gasteiger partial charge is 0.504 e. The van der Waals surface area contributed by atoms with Gasteiger partial charge in [-0.2, -0.15) is 10.2 Å². The van der Waals surface area contributed by atoms with E-state index in [0.29, 0.717) is 5.82 Å². The smallest absolute Gasteiger partial charge is 0.286 e. The van der Waals surface area contributed by atoms with Crippen molar-refractivity contribution in [1.29, 1.82) is 0 Å². The molecule has 4 rings (SSSR count). The van der Waals surface area contributed by atoms with Gasteiger partial charge in [0.2, 0.25) is 0 Å². The lowest BCUT2D eigenvalue weighted by Crippen LogP contribution is -2.39. The van der Waals surface area contributed by atoms with Crippen molar-refractivity contribution < 1.29 is 9.90 Å². The predicted octanol–water partition coefficient (Wildman–Crippen LogP) is 2.43. The van der Waals surface area contributed by atoms with Gasteiger partial charge in [0.25, 0.3) is 5.91 Å². The lowest BCUT2D eigenvalue weighted by molar-refractivity contribution is -0.119. The minimum absolute atomic E-state index is 0.0179. The van der Waals surface area contributed by atoms with E-state index in [1.807, 2.05) is 24.3 Å². The summed E-state index contributed by atoms with van der Waals surface area (Å²) in [6.45, 7) is 1.67. The average molecular weight is 349 g/mol. The van der Waals surface area contributed by atoms with Gasteiger partial charge >= 0.3 is 0 Å². The van der Waals surface area contributed by atoms with Crippen molar-refractivity contribution in [3.63, 3.8) is 0 Å². The highest BCUT2D eigenvalue weighted by Gasteiger charge is 2.29. The number of azo groups is 1. The van der Waals surface area contributed by atoms with Gasteiger partial charge < -0.3 is 5.11 Å². The quantitative estimate of drug-likeness (QED) is 0.816. The number of hydrazine groups is 1. The summed E-state index contributed by atoms with van der Waals surface area (Å²) in [5.74, 6) is -0.102. The lowest BCUT2D eigenvalue weighted by atomic mass is 10.1. The van der Waals surface area contributed by atoms with Gasteiger partial charge in [0, 0.05) is 29.1 Å². The van der Waals surface area contributed by atoms with Crippen LogP contribution in [0.3, 0.4) is 0 Å². The number of aliphatic imine (C=N–C) groups is 1. The number of aliphatic hydroxyl groups is 1. The van der Waals surface area contributed by atoms with E-state index in [9.17, 15) is 9.90 Å². The Morgan fingerprint density at radius 2 is 2.23 bits per heavy atom. The van der Waals surface area contributed by atoms with Crippen molar-refractivity contribution in [1.82, 2.24) is 15.4 Å². The number of allylic oxidation sites excluding steroid dienone is 3. The van der Waals surface area contributed by atoms with Crippen molar-refractivity contribution in [2.45, 2.75) is 6.92 Å². The first kappa shape index (κ1) is 15.8. The molecule has 0 spiro atoms. The average Bonchev–Trinajstić information content (AvgIpc) is 3.19. The van der Waals surface area contributed by atoms with Gasteiger partial charge in [-0.3, -0.25) is 15.2 Å². The molecular formula is C17H15N7O2. The van der Waals surface area contributed by atoms with Crippen molar-refractivity contribution in [2.75, 3.05) is 6.54 Å². The van der Waals surface area contributed by atoms with E-state index in [1.165, 1.54) is 22.6 Å². The molecule has 0 bridgehead atoms. The Balaban J connectivity index is 1.43. The molecule has 2 N–H and O–H groups in total. The van der Waals surface area contributed by atoms with Crippen LogP contribution >= 0.6 is 0 Å². The Morgan fingerprint density at radius 3 is 3.12 bits per heavy atom. The number of hydrogen-bond acceptors (Lipinski definition) is 8. The van der Waals surface area contributed by atoms with Gasteiger partial charge in [0.1, 0.15) is 12.9 Å². The van der Waals surface area contributed by atoms with Crippen LogP contribution in [-0.4, -0.2) is 40.1 Å². The first-order valence-electron chi connectivity index (χ1n) is 7.88. The molecule has 3 heterocycles. The molecule has 1 aromatic rings. The zero-order valence-corrected chi connectivity index (χ0v) is 13.9. The number of fused-ring (bicyclic) bond motifs is 2. The number of nitrogens with zero attached hydrogens (tertiary/aromatic N) is 6. The fourth-order valence-corrected chi connectivity index (χ4v) is 2.75. The second-order valence-electron chi connectivity index (χ2n) is 5.78. The number of amides is 1. The van der Waals surface area contributed by atoms with E-state index >= 15 is 0 Å². The zero-order chi connectivity index (χ0) is 18.1. The topological polar surface area (TPSA) is 105 Å². The van der Waals surface area contributed by atoms with Gasteiger partial charge in [-0.15, -0.1) is 5.11 Å². The molecule has 0 saturated carbocycles. The highest BCUT2D eigenvalue weighted by Crippen LogP contribution is 2.30. The molecule has 9 nitrogen and oxygen atoms in total. The first-order valence-corrected chi connectivity index (χ1v) is 7.88. The molecule has 9 heteroatoms. The summed E-state index contributed by atoms with van der Waals surface area (Å²) < 4.78 is 0.